The first-order valence-corrected chi connectivity index (χ1v) is 9.93. The molecule has 3 aromatic heterocycles. The molecule has 1 aromatic carbocycles. The third-order valence-corrected chi connectivity index (χ3v) is 5.20. The number of hydrogen-bond acceptors (Lipinski definition) is 5. The zero-order chi connectivity index (χ0) is 18.5. The minimum absolute atomic E-state index is 0.234. The number of thiophene rings is 1. The smallest absolute Gasteiger partial charge is 0.275 e. The Morgan fingerprint density at radius 3 is 2.81 bits per heavy atom. The molecule has 3 heterocycles. The molecule has 0 spiro atoms. The normalized spacial score (nSPS) is 10.1. The predicted octanol–water partition coefficient (Wildman–Crippen LogP) is 4.92. The molecular formula is C21H13N3OS2. The van der Waals surface area contributed by atoms with Gasteiger partial charge in [-0.2, -0.15) is 11.3 Å². The van der Waals surface area contributed by atoms with E-state index in [0.717, 1.165) is 16.1 Å². The van der Waals surface area contributed by atoms with Gasteiger partial charge in [0.15, 0.2) is 0 Å². The maximum atomic E-state index is 12.5. The van der Waals surface area contributed by atoms with Crippen molar-refractivity contribution in [1.82, 2.24) is 9.97 Å². The number of aromatic nitrogens is 2. The van der Waals surface area contributed by atoms with Gasteiger partial charge >= 0.3 is 0 Å². The summed E-state index contributed by atoms with van der Waals surface area (Å²) in [7, 11) is 0. The van der Waals surface area contributed by atoms with Crippen molar-refractivity contribution in [2.45, 2.75) is 0 Å². The largest absolute Gasteiger partial charge is 0.321 e. The van der Waals surface area contributed by atoms with Gasteiger partial charge in [0.25, 0.3) is 5.91 Å². The van der Waals surface area contributed by atoms with Crippen molar-refractivity contribution < 1.29 is 4.79 Å². The summed E-state index contributed by atoms with van der Waals surface area (Å²) in [6, 6.07) is 15.0. The Labute approximate surface area is 164 Å². The molecule has 0 atom stereocenters. The van der Waals surface area contributed by atoms with E-state index in [2.05, 4.69) is 27.1 Å². The van der Waals surface area contributed by atoms with Crippen molar-refractivity contribution in [2.75, 3.05) is 5.32 Å². The van der Waals surface area contributed by atoms with Crippen LogP contribution in [0.4, 0.5) is 5.69 Å². The van der Waals surface area contributed by atoms with Crippen molar-refractivity contribution in [1.29, 1.82) is 0 Å². The number of rotatable bonds is 3. The van der Waals surface area contributed by atoms with Crippen LogP contribution in [0.3, 0.4) is 0 Å². The van der Waals surface area contributed by atoms with Crippen LogP contribution in [0.2, 0.25) is 0 Å². The molecule has 0 aliphatic rings. The quantitative estimate of drug-likeness (QED) is 0.508. The number of hydrogen-bond donors (Lipinski definition) is 1. The molecule has 0 radical (unpaired) electrons. The van der Waals surface area contributed by atoms with Crippen molar-refractivity contribution in [3.63, 3.8) is 0 Å². The van der Waals surface area contributed by atoms with Crippen LogP contribution in [0.5, 0.6) is 0 Å². The zero-order valence-electron chi connectivity index (χ0n) is 14.0. The Morgan fingerprint density at radius 2 is 2.00 bits per heavy atom. The van der Waals surface area contributed by atoms with Crippen molar-refractivity contribution >= 4 is 34.3 Å². The van der Waals surface area contributed by atoms with Crippen LogP contribution in [0, 0.1) is 11.8 Å². The van der Waals surface area contributed by atoms with Crippen LogP contribution >= 0.6 is 22.7 Å². The SMILES string of the molecule is O=C(Nc1cccc(C#Cc2ccccn2)c1)c1csc(-c2ccsc2)n1. The fourth-order valence-electron chi connectivity index (χ4n) is 2.34. The number of nitrogens with zero attached hydrogens (tertiary/aromatic N) is 2. The van der Waals surface area contributed by atoms with E-state index in [9.17, 15) is 4.79 Å². The van der Waals surface area contributed by atoms with Crippen LogP contribution < -0.4 is 5.32 Å². The van der Waals surface area contributed by atoms with E-state index in [4.69, 9.17) is 0 Å². The number of anilines is 1. The summed E-state index contributed by atoms with van der Waals surface area (Å²) in [5.41, 5.74) is 3.63. The van der Waals surface area contributed by atoms with E-state index in [0.29, 0.717) is 17.1 Å². The first-order valence-electron chi connectivity index (χ1n) is 8.10. The van der Waals surface area contributed by atoms with Gasteiger partial charge < -0.3 is 5.32 Å². The fraction of sp³-hybridized carbons (Fsp3) is 0. The van der Waals surface area contributed by atoms with Gasteiger partial charge in [-0.3, -0.25) is 4.79 Å². The van der Waals surface area contributed by atoms with Crippen molar-refractivity contribution in [3.8, 4) is 22.4 Å². The molecule has 1 amide bonds. The Morgan fingerprint density at radius 1 is 1.04 bits per heavy atom. The summed E-state index contributed by atoms with van der Waals surface area (Å²) in [4.78, 5) is 21.1. The standard InChI is InChI=1S/C21H13N3OS2/c25-20(19-14-27-21(24-19)16-9-11-26-13-16)23-18-6-3-4-15(12-18)7-8-17-5-1-2-10-22-17/h1-6,9-14H,(H,23,25). The molecule has 4 nitrogen and oxygen atoms in total. The number of benzene rings is 1. The number of carbonyl (C=O) groups is 1. The monoisotopic (exact) mass is 387 g/mol. The molecule has 130 valence electrons. The van der Waals surface area contributed by atoms with Crippen molar-refractivity contribution in [3.05, 3.63) is 87.8 Å². The van der Waals surface area contributed by atoms with E-state index < -0.39 is 0 Å². The van der Waals surface area contributed by atoms with Crippen LogP contribution in [0.1, 0.15) is 21.7 Å². The minimum Gasteiger partial charge on any atom is -0.321 e. The first-order chi connectivity index (χ1) is 13.3. The van der Waals surface area contributed by atoms with E-state index in [1.165, 1.54) is 11.3 Å². The molecular weight excluding hydrogens is 374 g/mol. The van der Waals surface area contributed by atoms with Gasteiger partial charge in [0.05, 0.1) is 0 Å². The molecule has 0 fully saturated rings. The molecule has 0 saturated carbocycles. The molecule has 1 N–H and O–H groups in total. The molecule has 0 bridgehead atoms. The van der Waals surface area contributed by atoms with Gasteiger partial charge in [-0.05, 0) is 47.7 Å². The van der Waals surface area contributed by atoms with E-state index >= 15 is 0 Å². The topological polar surface area (TPSA) is 54.9 Å². The summed E-state index contributed by atoms with van der Waals surface area (Å²) in [6.07, 6.45) is 1.71. The Bertz CT molecular complexity index is 1120. The molecule has 0 saturated heterocycles. The number of amides is 1. The number of thiazole rings is 1. The average molecular weight is 387 g/mol. The Balaban J connectivity index is 1.48. The lowest BCUT2D eigenvalue weighted by molar-refractivity contribution is 0.102. The summed E-state index contributed by atoms with van der Waals surface area (Å²) in [5, 5.41) is 9.51. The third kappa shape index (κ3) is 4.29. The second kappa shape index (κ2) is 7.96. The minimum atomic E-state index is -0.234. The van der Waals surface area contributed by atoms with Gasteiger partial charge in [-0.1, -0.05) is 18.1 Å². The molecule has 27 heavy (non-hydrogen) atoms. The maximum absolute atomic E-state index is 12.5. The summed E-state index contributed by atoms with van der Waals surface area (Å²) in [5.74, 6) is 5.84. The lowest BCUT2D eigenvalue weighted by Crippen LogP contribution is -2.12. The molecule has 0 unspecified atom stereocenters. The fourth-order valence-corrected chi connectivity index (χ4v) is 3.85. The summed E-state index contributed by atoms with van der Waals surface area (Å²) in [6.45, 7) is 0. The van der Waals surface area contributed by atoms with Gasteiger partial charge in [0, 0.05) is 33.8 Å². The highest BCUT2D eigenvalue weighted by Gasteiger charge is 2.12. The van der Waals surface area contributed by atoms with E-state index in [1.807, 2.05) is 59.3 Å². The molecule has 6 heteroatoms. The van der Waals surface area contributed by atoms with Crippen molar-refractivity contribution in [2.24, 2.45) is 0 Å². The number of carbonyl (C=O) groups excluding carboxylic acids is 1. The van der Waals surface area contributed by atoms with Crippen LogP contribution in [0.25, 0.3) is 10.6 Å². The maximum Gasteiger partial charge on any atom is 0.275 e. The van der Waals surface area contributed by atoms with E-state index in [-0.39, 0.29) is 5.91 Å². The molecule has 4 aromatic rings. The van der Waals surface area contributed by atoms with Crippen LogP contribution in [-0.2, 0) is 0 Å². The average Bonchev–Trinajstić information content (AvgIpc) is 3.39. The third-order valence-electron chi connectivity index (χ3n) is 3.63. The van der Waals surface area contributed by atoms with Crippen LogP contribution in [0.15, 0.2) is 70.9 Å². The van der Waals surface area contributed by atoms with Gasteiger partial charge in [-0.25, -0.2) is 9.97 Å². The summed E-state index contributed by atoms with van der Waals surface area (Å²) >= 11 is 3.07. The zero-order valence-corrected chi connectivity index (χ0v) is 15.7. The Kier molecular flexibility index (Phi) is 5.06. The highest BCUT2D eigenvalue weighted by Crippen LogP contribution is 2.26. The number of pyridine rings is 1. The van der Waals surface area contributed by atoms with Gasteiger partial charge in [-0.15, -0.1) is 11.3 Å². The number of nitrogens with one attached hydrogen (secondary N) is 1. The lowest BCUT2D eigenvalue weighted by Gasteiger charge is -2.03. The highest BCUT2D eigenvalue weighted by molar-refractivity contribution is 7.14. The van der Waals surface area contributed by atoms with Gasteiger partial charge in [0.2, 0.25) is 0 Å². The second-order valence-corrected chi connectivity index (χ2v) is 7.19. The molecule has 4 rings (SSSR count). The van der Waals surface area contributed by atoms with Gasteiger partial charge in [0.1, 0.15) is 16.4 Å². The second-order valence-electron chi connectivity index (χ2n) is 5.55. The molecule has 0 aliphatic carbocycles. The highest BCUT2D eigenvalue weighted by atomic mass is 32.1. The predicted molar refractivity (Wildman–Crippen MR) is 110 cm³/mol. The molecule has 0 aliphatic heterocycles. The Hall–Kier alpha value is -3.27. The van der Waals surface area contributed by atoms with Crippen LogP contribution in [-0.4, -0.2) is 15.9 Å². The van der Waals surface area contributed by atoms with E-state index in [1.54, 1.807) is 22.9 Å². The lowest BCUT2D eigenvalue weighted by atomic mass is 10.2. The first kappa shape index (κ1) is 17.2. The summed E-state index contributed by atoms with van der Waals surface area (Å²) < 4.78 is 0.